The third kappa shape index (κ3) is 4.53. The van der Waals surface area contributed by atoms with Gasteiger partial charge in [0.15, 0.2) is 0 Å². The molecule has 0 amide bonds. The maximum atomic E-state index is 10.5. The molecular weight excluding hydrogens is 312 g/mol. The van der Waals surface area contributed by atoms with Crippen molar-refractivity contribution in [2.75, 3.05) is 0 Å². The second kappa shape index (κ2) is 8.68. The van der Waals surface area contributed by atoms with Crippen molar-refractivity contribution >= 4 is 0 Å². The highest BCUT2D eigenvalue weighted by Crippen LogP contribution is 2.47. The zero-order valence-corrected chi connectivity index (χ0v) is 15.1. The van der Waals surface area contributed by atoms with E-state index in [4.69, 9.17) is 4.74 Å². The number of hydrogen-bond acceptors (Lipinski definition) is 3. The van der Waals surface area contributed by atoms with Gasteiger partial charge in [-0.15, -0.1) is 0 Å². The highest BCUT2D eigenvalue weighted by Gasteiger charge is 2.47. The maximum Gasteiger partial charge on any atom is 0.0917 e. The van der Waals surface area contributed by atoms with Crippen LogP contribution in [0.3, 0.4) is 0 Å². The summed E-state index contributed by atoms with van der Waals surface area (Å²) in [5.41, 5.74) is 1.00. The molecule has 0 saturated carbocycles. The number of ether oxygens (including phenoxy) is 1. The molecule has 2 fully saturated rings. The summed E-state index contributed by atoms with van der Waals surface area (Å²) >= 11 is 0. The molecule has 1 aromatic carbocycles. The third-order valence-corrected chi connectivity index (χ3v) is 5.78. The van der Waals surface area contributed by atoms with E-state index < -0.39 is 0 Å². The molecule has 3 rings (SSSR count). The SMILES string of the molecule is C/C=C(/O)C/C=C\C[C@@H]1[C@H](CCC(O)c2ccccc2)[C@@H]2CC[C@H]1O2. The first-order valence-electron chi connectivity index (χ1n) is 9.56. The van der Waals surface area contributed by atoms with E-state index in [0.717, 1.165) is 31.2 Å². The summed E-state index contributed by atoms with van der Waals surface area (Å²) in [7, 11) is 0. The number of allylic oxidation sites excluding steroid dienone is 3. The lowest BCUT2D eigenvalue weighted by molar-refractivity contribution is 0.0836. The minimum absolute atomic E-state index is 0.371. The van der Waals surface area contributed by atoms with Gasteiger partial charge in [-0.2, -0.15) is 0 Å². The molecule has 25 heavy (non-hydrogen) atoms. The molecule has 3 heteroatoms. The van der Waals surface area contributed by atoms with Crippen LogP contribution in [0.1, 0.15) is 57.1 Å². The maximum absolute atomic E-state index is 10.5. The lowest BCUT2D eigenvalue weighted by atomic mass is 9.75. The van der Waals surface area contributed by atoms with Crippen molar-refractivity contribution in [3.63, 3.8) is 0 Å². The molecule has 0 radical (unpaired) electrons. The van der Waals surface area contributed by atoms with Gasteiger partial charge in [0.25, 0.3) is 0 Å². The Labute approximate surface area is 151 Å². The summed E-state index contributed by atoms with van der Waals surface area (Å²) in [6.45, 7) is 1.85. The van der Waals surface area contributed by atoms with E-state index in [9.17, 15) is 10.2 Å². The van der Waals surface area contributed by atoms with E-state index >= 15 is 0 Å². The number of rotatable bonds is 8. The molecule has 0 spiro atoms. The molecule has 2 aliphatic heterocycles. The predicted octanol–water partition coefficient (Wildman–Crippen LogP) is 5.09. The second-order valence-electron chi connectivity index (χ2n) is 7.31. The van der Waals surface area contributed by atoms with E-state index in [-0.39, 0.29) is 6.10 Å². The zero-order chi connectivity index (χ0) is 17.6. The van der Waals surface area contributed by atoms with Crippen LogP contribution in [-0.4, -0.2) is 22.4 Å². The minimum Gasteiger partial charge on any atom is -0.512 e. The summed E-state index contributed by atoms with van der Waals surface area (Å²) in [5, 5.41) is 20.0. The molecule has 1 aromatic rings. The van der Waals surface area contributed by atoms with Crippen molar-refractivity contribution in [2.24, 2.45) is 11.8 Å². The monoisotopic (exact) mass is 342 g/mol. The average molecular weight is 342 g/mol. The van der Waals surface area contributed by atoms with Crippen molar-refractivity contribution in [3.8, 4) is 0 Å². The van der Waals surface area contributed by atoms with Gasteiger partial charge in [0.2, 0.25) is 0 Å². The third-order valence-electron chi connectivity index (χ3n) is 5.78. The Morgan fingerprint density at radius 2 is 1.88 bits per heavy atom. The van der Waals surface area contributed by atoms with Crippen LogP contribution >= 0.6 is 0 Å². The van der Waals surface area contributed by atoms with Crippen molar-refractivity contribution in [1.82, 2.24) is 0 Å². The first kappa shape index (κ1) is 18.2. The van der Waals surface area contributed by atoms with E-state index in [0.29, 0.717) is 36.2 Å². The van der Waals surface area contributed by atoms with E-state index in [1.807, 2.05) is 37.3 Å². The number of hydrogen-bond donors (Lipinski definition) is 2. The molecule has 3 nitrogen and oxygen atoms in total. The van der Waals surface area contributed by atoms with E-state index in [2.05, 4.69) is 12.2 Å². The first-order valence-corrected chi connectivity index (χ1v) is 9.56. The van der Waals surface area contributed by atoms with Gasteiger partial charge in [-0.3, -0.25) is 0 Å². The Kier molecular flexibility index (Phi) is 6.33. The van der Waals surface area contributed by atoms with Gasteiger partial charge in [0.05, 0.1) is 24.1 Å². The van der Waals surface area contributed by atoms with Gasteiger partial charge in [-0.25, -0.2) is 0 Å². The lowest BCUT2D eigenvalue weighted by Crippen LogP contribution is -2.27. The predicted molar refractivity (Wildman–Crippen MR) is 100 cm³/mol. The Morgan fingerprint density at radius 1 is 1.16 bits per heavy atom. The number of aliphatic hydroxyl groups is 2. The molecule has 2 heterocycles. The molecule has 2 saturated heterocycles. The molecule has 2 N–H and O–H groups in total. The molecule has 0 aliphatic carbocycles. The van der Waals surface area contributed by atoms with Gasteiger partial charge in [0, 0.05) is 6.42 Å². The normalized spacial score (nSPS) is 30.2. The Morgan fingerprint density at radius 3 is 2.60 bits per heavy atom. The topological polar surface area (TPSA) is 49.7 Å². The minimum atomic E-state index is -0.386. The summed E-state index contributed by atoms with van der Waals surface area (Å²) in [6.07, 6.45) is 12.1. The summed E-state index contributed by atoms with van der Waals surface area (Å²) in [4.78, 5) is 0. The smallest absolute Gasteiger partial charge is 0.0917 e. The molecule has 2 bridgehead atoms. The molecule has 0 aromatic heterocycles. The van der Waals surface area contributed by atoms with E-state index in [1.165, 1.54) is 6.42 Å². The van der Waals surface area contributed by atoms with Crippen LogP contribution in [-0.2, 0) is 4.74 Å². The van der Waals surface area contributed by atoms with Gasteiger partial charge >= 0.3 is 0 Å². The zero-order valence-electron chi connectivity index (χ0n) is 15.1. The Balaban J connectivity index is 1.53. The number of fused-ring (bicyclic) bond motifs is 2. The molecule has 136 valence electrons. The van der Waals surface area contributed by atoms with Crippen molar-refractivity contribution in [3.05, 3.63) is 59.9 Å². The summed E-state index contributed by atoms with van der Waals surface area (Å²) in [6, 6.07) is 9.93. The fourth-order valence-electron chi connectivity index (χ4n) is 4.36. The van der Waals surface area contributed by atoms with Crippen LogP contribution in [0.2, 0.25) is 0 Å². The van der Waals surface area contributed by atoms with Gasteiger partial charge in [0.1, 0.15) is 0 Å². The van der Waals surface area contributed by atoms with Crippen LogP contribution < -0.4 is 0 Å². The lowest BCUT2D eigenvalue weighted by Gasteiger charge is -2.28. The summed E-state index contributed by atoms with van der Waals surface area (Å²) < 4.78 is 6.16. The summed E-state index contributed by atoms with van der Waals surface area (Å²) in [5.74, 6) is 1.51. The second-order valence-corrected chi connectivity index (χ2v) is 7.31. The van der Waals surface area contributed by atoms with Gasteiger partial charge in [-0.1, -0.05) is 42.5 Å². The van der Waals surface area contributed by atoms with Gasteiger partial charge < -0.3 is 14.9 Å². The quantitative estimate of drug-likeness (QED) is 0.511. The van der Waals surface area contributed by atoms with Crippen LogP contribution in [0.5, 0.6) is 0 Å². The Hall–Kier alpha value is -1.58. The van der Waals surface area contributed by atoms with E-state index in [1.54, 1.807) is 6.08 Å². The van der Waals surface area contributed by atoms with Crippen LogP contribution in [0.4, 0.5) is 0 Å². The fraction of sp³-hybridized carbons (Fsp3) is 0.545. The molecule has 5 atom stereocenters. The van der Waals surface area contributed by atoms with Crippen LogP contribution in [0.25, 0.3) is 0 Å². The van der Waals surface area contributed by atoms with Crippen molar-refractivity contribution in [1.29, 1.82) is 0 Å². The van der Waals surface area contributed by atoms with Crippen LogP contribution in [0.15, 0.2) is 54.3 Å². The Bertz CT molecular complexity index is 593. The highest BCUT2D eigenvalue weighted by atomic mass is 16.5. The number of aliphatic hydroxyl groups excluding tert-OH is 2. The van der Waals surface area contributed by atoms with Crippen molar-refractivity contribution < 1.29 is 14.9 Å². The average Bonchev–Trinajstić information content (AvgIpc) is 3.25. The molecule has 1 unspecified atom stereocenters. The largest absolute Gasteiger partial charge is 0.512 e. The van der Waals surface area contributed by atoms with Crippen LogP contribution in [0, 0.1) is 11.8 Å². The molecule has 2 aliphatic rings. The highest BCUT2D eigenvalue weighted by molar-refractivity contribution is 5.17. The standard InChI is InChI=1S/C22H30O3/c1-2-17(23)10-6-7-11-18-19(22-15-14-21(18)25-22)12-13-20(24)16-8-4-3-5-9-16/h2-9,18-24H,10-15H2,1H3/b7-6-,17-2+/t18-,19+,20?,21-,22+/m1/s1. The number of benzene rings is 1. The van der Waals surface area contributed by atoms with Gasteiger partial charge in [-0.05, 0) is 62.5 Å². The fourth-order valence-corrected chi connectivity index (χ4v) is 4.36. The molecular formula is C22H30O3. The van der Waals surface area contributed by atoms with Crippen molar-refractivity contribution in [2.45, 2.75) is 63.8 Å². The first-order chi connectivity index (χ1) is 12.2.